The van der Waals surface area contributed by atoms with E-state index < -0.39 is 10.3 Å². The van der Waals surface area contributed by atoms with Gasteiger partial charge in [0.2, 0.25) is 0 Å². The van der Waals surface area contributed by atoms with E-state index in [1.54, 1.807) is 6.07 Å². The van der Waals surface area contributed by atoms with Crippen LogP contribution in [-0.2, 0) is 16.7 Å². The molecule has 4 rings (SSSR count). The Bertz CT molecular complexity index is 803. The topological polar surface area (TPSA) is 89.6 Å². The Hall–Kier alpha value is -1.55. The van der Waals surface area contributed by atoms with Crippen LogP contribution in [-0.4, -0.2) is 19.6 Å². The maximum Gasteiger partial charge on any atom is 0.380 e. The molecule has 0 spiro atoms. The molecule has 3 N–H and O–H groups in total. The third-order valence-corrected chi connectivity index (χ3v) is 7.29. The van der Waals surface area contributed by atoms with Gasteiger partial charge in [0.05, 0.1) is 6.10 Å². The molecule has 0 amide bonds. The summed E-state index contributed by atoms with van der Waals surface area (Å²) in [7, 11) is -3.98. The third-order valence-electron chi connectivity index (χ3n) is 6.86. The van der Waals surface area contributed by atoms with Crippen molar-refractivity contribution in [2.45, 2.75) is 57.5 Å². The second kappa shape index (κ2) is 6.88. The van der Waals surface area contributed by atoms with Crippen molar-refractivity contribution < 1.29 is 17.7 Å². The van der Waals surface area contributed by atoms with E-state index in [2.05, 4.69) is 19.8 Å². The molecule has 1 aromatic carbocycles. The fraction of sp³-hybridized carbons (Fsp3) is 0.600. The fourth-order valence-electron chi connectivity index (χ4n) is 5.72. The van der Waals surface area contributed by atoms with Crippen molar-refractivity contribution >= 4 is 10.3 Å². The summed E-state index contributed by atoms with van der Waals surface area (Å²) in [4.78, 5) is 0. The molecule has 2 fully saturated rings. The number of terminal acetylenes is 1. The molecule has 142 valence electrons. The van der Waals surface area contributed by atoms with Crippen LogP contribution in [0.15, 0.2) is 18.2 Å². The average Bonchev–Trinajstić information content (AvgIpc) is 2.90. The maximum atomic E-state index is 11.1. The number of aryl methyl sites for hydroxylation is 1. The Balaban J connectivity index is 0.000000948. The Morgan fingerprint density at radius 3 is 2.65 bits per heavy atom. The standard InChI is InChI=1S/C18H25NO4S.C2H2/c1-18-9-8-14-13-5-3-12(23-24(19,21)22)10-11(13)2-4-15(14)16(18)6-7-17(18)20;1-2/h3,5,10,14-17,20H,2,4,6-9H2,1H3,(H2,19,21,22);1-2H. The zero-order valence-electron chi connectivity index (χ0n) is 15.1. The Morgan fingerprint density at radius 2 is 1.96 bits per heavy atom. The summed E-state index contributed by atoms with van der Waals surface area (Å²) in [6, 6.07) is 5.55. The van der Waals surface area contributed by atoms with Gasteiger partial charge in [-0.2, -0.15) is 13.6 Å². The smallest absolute Gasteiger partial charge is 0.380 e. The number of fused-ring (bicyclic) bond motifs is 5. The van der Waals surface area contributed by atoms with E-state index in [1.165, 1.54) is 11.1 Å². The number of hydrogen-bond donors (Lipinski definition) is 2. The minimum Gasteiger partial charge on any atom is -0.393 e. The summed E-state index contributed by atoms with van der Waals surface area (Å²) in [5, 5.41) is 15.4. The lowest BCUT2D eigenvalue weighted by molar-refractivity contribution is -0.0226. The Labute approximate surface area is 156 Å². The van der Waals surface area contributed by atoms with Gasteiger partial charge in [-0.15, -0.1) is 12.8 Å². The summed E-state index contributed by atoms with van der Waals surface area (Å²) in [5.74, 6) is 2.03. The van der Waals surface area contributed by atoms with Gasteiger partial charge in [0.15, 0.2) is 0 Å². The van der Waals surface area contributed by atoms with E-state index in [9.17, 15) is 13.5 Å². The molecule has 1 aromatic rings. The number of aliphatic hydroxyl groups is 1. The van der Waals surface area contributed by atoms with Crippen molar-refractivity contribution in [2.24, 2.45) is 22.4 Å². The van der Waals surface area contributed by atoms with E-state index in [0.717, 1.165) is 38.5 Å². The first kappa shape index (κ1) is 19.2. The molecule has 2 saturated carbocycles. The van der Waals surface area contributed by atoms with Crippen molar-refractivity contribution in [3.63, 3.8) is 0 Å². The van der Waals surface area contributed by atoms with Crippen molar-refractivity contribution in [3.8, 4) is 18.6 Å². The summed E-state index contributed by atoms with van der Waals surface area (Å²) < 4.78 is 27.1. The zero-order chi connectivity index (χ0) is 19.1. The molecule has 5 atom stereocenters. The van der Waals surface area contributed by atoms with Gasteiger partial charge in [-0.3, -0.25) is 0 Å². The first-order valence-corrected chi connectivity index (χ1v) is 10.6. The largest absolute Gasteiger partial charge is 0.393 e. The maximum absolute atomic E-state index is 11.1. The first-order chi connectivity index (χ1) is 12.3. The molecule has 0 saturated heterocycles. The highest BCUT2D eigenvalue weighted by Gasteiger charge is 2.54. The third kappa shape index (κ3) is 3.24. The Morgan fingerprint density at radius 1 is 1.23 bits per heavy atom. The molecule has 5 unspecified atom stereocenters. The molecule has 0 heterocycles. The van der Waals surface area contributed by atoms with Gasteiger partial charge in [-0.05, 0) is 85.0 Å². The molecule has 0 aliphatic heterocycles. The van der Waals surface area contributed by atoms with Crippen LogP contribution in [0.2, 0.25) is 0 Å². The molecule has 0 radical (unpaired) electrons. The molecular weight excluding hydrogens is 350 g/mol. The SMILES string of the molecule is C#C.CC12CCC3c4ccc(OS(N)(=O)=O)cc4CCC3C1CCC2O. The summed E-state index contributed by atoms with van der Waals surface area (Å²) in [6.45, 7) is 2.27. The van der Waals surface area contributed by atoms with Gasteiger partial charge in [-0.25, -0.2) is 0 Å². The van der Waals surface area contributed by atoms with Crippen LogP contribution in [0.5, 0.6) is 5.75 Å². The van der Waals surface area contributed by atoms with E-state index >= 15 is 0 Å². The van der Waals surface area contributed by atoms with E-state index in [1.807, 2.05) is 12.1 Å². The van der Waals surface area contributed by atoms with Crippen molar-refractivity contribution in [1.29, 1.82) is 0 Å². The molecule has 0 aromatic heterocycles. The Kier molecular flexibility index (Phi) is 5.08. The van der Waals surface area contributed by atoms with E-state index in [0.29, 0.717) is 23.5 Å². The minimum absolute atomic E-state index is 0.0787. The lowest BCUT2D eigenvalue weighted by Crippen LogP contribution is -2.43. The first-order valence-electron chi connectivity index (χ1n) is 9.14. The molecule has 3 aliphatic carbocycles. The predicted molar refractivity (Wildman–Crippen MR) is 101 cm³/mol. The lowest BCUT2D eigenvalue weighted by Gasteiger charge is -2.50. The summed E-state index contributed by atoms with van der Waals surface area (Å²) in [6.07, 6.45) is 14.1. The second-order valence-corrected chi connectivity index (χ2v) is 9.14. The fourth-order valence-corrected chi connectivity index (χ4v) is 6.09. The molecular formula is C20H27NO4S. The molecule has 3 aliphatic rings. The number of aliphatic hydroxyl groups excluding tert-OH is 1. The minimum atomic E-state index is -3.98. The van der Waals surface area contributed by atoms with Crippen LogP contribution >= 0.6 is 0 Å². The van der Waals surface area contributed by atoms with Crippen LogP contribution in [0.1, 0.15) is 56.1 Å². The highest BCUT2D eigenvalue weighted by molar-refractivity contribution is 7.84. The van der Waals surface area contributed by atoms with Crippen LogP contribution < -0.4 is 9.32 Å². The van der Waals surface area contributed by atoms with Gasteiger partial charge in [0, 0.05) is 0 Å². The normalized spacial score (nSPS) is 35.3. The van der Waals surface area contributed by atoms with Gasteiger partial charge in [0.1, 0.15) is 5.75 Å². The number of benzene rings is 1. The van der Waals surface area contributed by atoms with Gasteiger partial charge in [0.25, 0.3) is 0 Å². The van der Waals surface area contributed by atoms with Crippen molar-refractivity contribution in [1.82, 2.24) is 0 Å². The van der Waals surface area contributed by atoms with Crippen LogP contribution in [0, 0.1) is 30.1 Å². The molecule has 0 bridgehead atoms. The van der Waals surface area contributed by atoms with Crippen molar-refractivity contribution in [2.75, 3.05) is 0 Å². The summed E-state index contributed by atoms with van der Waals surface area (Å²) in [5.41, 5.74) is 2.59. The second-order valence-electron chi connectivity index (χ2n) is 7.99. The van der Waals surface area contributed by atoms with Gasteiger partial charge >= 0.3 is 10.3 Å². The predicted octanol–water partition coefficient (Wildman–Crippen LogP) is 2.74. The quantitative estimate of drug-likeness (QED) is 0.776. The van der Waals surface area contributed by atoms with Crippen molar-refractivity contribution in [3.05, 3.63) is 29.3 Å². The van der Waals surface area contributed by atoms with Crippen LogP contribution in [0.4, 0.5) is 0 Å². The van der Waals surface area contributed by atoms with Crippen LogP contribution in [0.25, 0.3) is 0 Å². The number of hydrogen-bond acceptors (Lipinski definition) is 4. The lowest BCUT2D eigenvalue weighted by atomic mass is 9.55. The number of rotatable bonds is 2. The highest BCUT2D eigenvalue weighted by Crippen LogP contribution is 2.60. The van der Waals surface area contributed by atoms with E-state index in [4.69, 9.17) is 9.32 Å². The zero-order valence-corrected chi connectivity index (χ0v) is 15.9. The average molecular weight is 378 g/mol. The van der Waals surface area contributed by atoms with Gasteiger partial charge < -0.3 is 9.29 Å². The molecule has 26 heavy (non-hydrogen) atoms. The highest BCUT2D eigenvalue weighted by atomic mass is 32.2. The van der Waals surface area contributed by atoms with Gasteiger partial charge in [-0.1, -0.05) is 13.0 Å². The monoisotopic (exact) mass is 377 g/mol. The molecule has 6 heteroatoms. The number of nitrogens with two attached hydrogens (primary N) is 1. The molecule has 5 nitrogen and oxygen atoms in total. The summed E-state index contributed by atoms with van der Waals surface area (Å²) >= 11 is 0. The van der Waals surface area contributed by atoms with E-state index in [-0.39, 0.29) is 11.5 Å². The van der Waals surface area contributed by atoms with Crippen LogP contribution in [0.3, 0.4) is 0 Å².